The lowest BCUT2D eigenvalue weighted by Gasteiger charge is -2.13. The van der Waals surface area contributed by atoms with Gasteiger partial charge in [0, 0.05) is 10.7 Å². The highest BCUT2D eigenvalue weighted by atomic mass is 35.5. The second-order valence-corrected chi connectivity index (χ2v) is 9.40. The molecular weight excluding hydrogens is 539 g/mol. The van der Waals surface area contributed by atoms with Gasteiger partial charge in [0.1, 0.15) is 6.54 Å². The Morgan fingerprint density at radius 1 is 1.09 bits per heavy atom. The largest absolute Gasteiger partial charge is 0.479 e. The molecule has 0 radical (unpaired) electrons. The smallest absolute Gasteiger partial charge is 0.344 e. The molecule has 3 amide bonds. The van der Waals surface area contributed by atoms with Crippen LogP contribution in [0.3, 0.4) is 0 Å². The third-order valence-corrected chi connectivity index (χ3v) is 6.47. The standard InChI is InChI=1S/C23H19Cl3N2O6S/c1-3-33-20(30)11-34-21-16(25)6-13(7-17(21)26)8-18-22(31)28(23(32)35-18)10-19(29)27-14-5-4-12(2)15(24)9-14/h4-9H,3,10-11H2,1-2H3,(H,27,29)/b18-8-. The van der Waals surface area contributed by atoms with Crippen molar-refractivity contribution in [2.75, 3.05) is 25.1 Å². The fourth-order valence-electron chi connectivity index (χ4n) is 2.94. The summed E-state index contributed by atoms with van der Waals surface area (Å²) in [5.74, 6) is -1.68. The predicted molar refractivity (Wildman–Crippen MR) is 136 cm³/mol. The van der Waals surface area contributed by atoms with Crippen molar-refractivity contribution >= 4 is 81.4 Å². The molecule has 2 aromatic carbocycles. The van der Waals surface area contributed by atoms with Crippen LogP contribution < -0.4 is 10.1 Å². The van der Waals surface area contributed by atoms with E-state index in [0.717, 1.165) is 10.5 Å². The van der Waals surface area contributed by atoms with Crippen molar-refractivity contribution in [1.82, 2.24) is 4.90 Å². The number of thioether (sulfide) groups is 1. The van der Waals surface area contributed by atoms with E-state index in [4.69, 9.17) is 44.3 Å². The first-order valence-electron chi connectivity index (χ1n) is 10.2. The molecule has 1 N–H and O–H groups in total. The molecule has 1 saturated heterocycles. The monoisotopic (exact) mass is 556 g/mol. The zero-order valence-corrected chi connectivity index (χ0v) is 21.6. The first kappa shape index (κ1) is 26.9. The summed E-state index contributed by atoms with van der Waals surface area (Å²) in [6.45, 7) is 2.86. The van der Waals surface area contributed by atoms with Gasteiger partial charge in [-0.1, -0.05) is 40.9 Å². The summed E-state index contributed by atoms with van der Waals surface area (Å²) in [6, 6.07) is 7.92. The topological polar surface area (TPSA) is 102 Å². The number of imide groups is 1. The Kier molecular flexibility index (Phi) is 9.07. The van der Waals surface area contributed by atoms with Crippen molar-refractivity contribution < 1.29 is 28.7 Å². The van der Waals surface area contributed by atoms with Gasteiger partial charge in [-0.25, -0.2) is 4.79 Å². The zero-order valence-electron chi connectivity index (χ0n) is 18.5. The van der Waals surface area contributed by atoms with Gasteiger partial charge in [0.15, 0.2) is 12.4 Å². The van der Waals surface area contributed by atoms with E-state index in [1.54, 1.807) is 25.1 Å². The molecule has 3 rings (SSSR count). The van der Waals surface area contributed by atoms with E-state index in [2.05, 4.69) is 5.32 Å². The van der Waals surface area contributed by atoms with E-state index in [-0.39, 0.29) is 33.9 Å². The Bertz CT molecular complexity index is 1210. The number of hydrogen-bond acceptors (Lipinski definition) is 7. The summed E-state index contributed by atoms with van der Waals surface area (Å²) >= 11 is 19.2. The molecule has 0 aliphatic carbocycles. The van der Waals surface area contributed by atoms with E-state index in [9.17, 15) is 19.2 Å². The average Bonchev–Trinajstić information content (AvgIpc) is 3.03. The van der Waals surface area contributed by atoms with Crippen LogP contribution in [0.1, 0.15) is 18.1 Å². The van der Waals surface area contributed by atoms with Gasteiger partial charge in [0.05, 0.1) is 21.6 Å². The minimum Gasteiger partial charge on any atom is -0.479 e. The molecule has 0 bridgehead atoms. The SMILES string of the molecule is CCOC(=O)COc1c(Cl)cc(/C=C2\SC(=O)N(CC(=O)Nc3ccc(C)c(Cl)c3)C2=O)cc1Cl. The van der Waals surface area contributed by atoms with Gasteiger partial charge < -0.3 is 14.8 Å². The van der Waals surface area contributed by atoms with Crippen molar-refractivity contribution in [2.45, 2.75) is 13.8 Å². The van der Waals surface area contributed by atoms with Crippen LogP contribution in [0, 0.1) is 6.92 Å². The molecule has 12 heteroatoms. The summed E-state index contributed by atoms with van der Waals surface area (Å²) in [7, 11) is 0. The Balaban J connectivity index is 1.69. The summed E-state index contributed by atoms with van der Waals surface area (Å²) in [5, 5.41) is 2.70. The lowest BCUT2D eigenvalue weighted by molar-refractivity contribution is -0.145. The highest BCUT2D eigenvalue weighted by Gasteiger charge is 2.36. The minimum atomic E-state index is -0.632. The number of rotatable bonds is 8. The van der Waals surface area contributed by atoms with E-state index >= 15 is 0 Å². The number of anilines is 1. The molecule has 2 aromatic rings. The first-order chi connectivity index (χ1) is 16.6. The van der Waals surface area contributed by atoms with Crippen molar-refractivity contribution in [3.63, 3.8) is 0 Å². The molecule has 1 heterocycles. The normalized spacial score (nSPS) is 14.4. The van der Waals surface area contributed by atoms with Crippen LogP contribution in [0.4, 0.5) is 10.5 Å². The second-order valence-electron chi connectivity index (χ2n) is 7.19. The fourth-order valence-corrected chi connectivity index (χ4v) is 4.57. The maximum Gasteiger partial charge on any atom is 0.344 e. The number of ether oxygens (including phenoxy) is 2. The summed E-state index contributed by atoms with van der Waals surface area (Å²) < 4.78 is 10.1. The van der Waals surface area contributed by atoms with Gasteiger partial charge in [-0.05, 0) is 67.1 Å². The van der Waals surface area contributed by atoms with Crippen molar-refractivity contribution in [3.05, 3.63) is 61.4 Å². The number of hydrogen-bond donors (Lipinski definition) is 1. The number of carbonyl (C=O) groups excluding carboxylic acids is 4. The molecule has 1 aliphatic rings. The molecule has 35 heavy (non-hydrogen) atoms. The van der Waals surface area contributed by atoms with Gasteiger partial charge in [-0.2, -0.15) is 0 Å². The molecule has 1 fully saturated rings. The molecule has 1 aliphatic heterocycles. The highest BCUT2D eigenvalue weighted by molar-refractivity contribution is 8.18. The highest BCUT2D eigenvalue weighted by Crippen LogP contribution is 2.37. The second kappa shape index (κ2) is 11.8. The Labute approximate surface area is 220 Å². The van der Waals surface area contributed by atoms with Crippen LogP contribution in [-0.2, 0) is 19.1 Å². The molecule has 0 aromatic heterocycles. The molecule has 184 valence electrons. The van der Waals surface area contributed by atoms with Gasteiger partial charge in [-0.15, -0.1) is 0 Å². The fraction of sp³-hybridized carbons (Fsp3) is 0.217. The number of benzene rings is 2. The first-order valence-corrected chi connectivity index (χ1v) is 12.1. The van der Waals surface area contributed by atoms with Crippen molar-refractivity contribution in [3.8, 4) is 5.75 Å². The Morgan fingerprint density at radius 2 is 1.77 bits per heavy atom. The van der Waals surface area contributed by atoms with Crippen LogP contribution in [0.15, 0.2) is 35.2 Å². The zero-order chi connectivity index (χ0) is 25.7. The summed E-state index contributed by atoms with van der Waals surface area (Å²) in [5.41, 5.74) is 1.72. The maximum atomic E-state index is 12.8. The minimum absolute atomic E-state index is 0.0829. The maximum absolute atomic E-state index is 12.8. The predicted octanol–water partition coefficient (Wildman–Crippen LogP) is 5.57. The third kappa shape index (κ3) is 6.91. The van der Waals surface area contributed by atoms with E-state index < -0.39 is 29.6 Å². The van der Waals surface area contributed by atoms with Crippen molar-refractivity contribution in [2.24, 2.45) is 0 Å². The lowest BCUT2D eigenvalue weighted by atomic mass is 10.2. The number of aryl methyl sites for hydroxylation is 1. The Hall–Kier alpha value is -2.72. The van der Waals surface area contributed by atoms with Gasteiger partial charge >= 0.3 is 5.97 Å². The summed E-state index contributed by atoms with van der Waals surface area (Å²) in [6.07, 6.45) is 1.43. The number of nitrogens with zero attached hydrogens (tertiary/aromatic N) is 1. The quantitative estimate of drug-likeness (QED) is 0.334. The van der Waals surface area contributed by atoms with Crippen molar-refractivity contribution in [1.29, 1.82) is 0 Å². The number of esters is 1. The number of halogens is 3. The van der Waals surface area contributed by atoms with Crippen LogP contribution in [0.5, 0.6) is 5.75 Å². The molecule has 8 nitrogen and oxygen atoms in total. The third-order valence-electron chi connectivity index (χ3n) is 4.59. The van der Waals surface area contributed by atoms with Crippen LogP contribution in [0.2, 0.25) is 15.1 Å². The number of amides is 3. The van der Waals surface area contributed by atoms with E-state index in [0.29, 0.717) is 28.0 Å². The Morgan fingerprint density at radius 3 is 2.40 bits per heavy atom. The summed E-state index contributed by atoms with van der Waals surface area (Å²) in [4.78, 5) is 49.9. The van der Waals surface area contributed by atoms with Crippen LogP contribution in [0.25, 0.3) is 6.08 Å². The van der Waals surface area contributed by atoms with Gasteiger partial charge in [0.2, 0.25) is 5.91 Å². The molecule has 0 saturated carbocycles. The molecular formula is C23H19Cl3N2O6S. The number of nitrogens with one attached hydrogen (secondary N) is 1. The van der Waals surface area contributed by atoms with Gasteiger partial charge in [0.25, 0.3) is 11.1 Å². The molecule has 0 spiro atoms. The average molecular weight is 558 g/mol. The van der Waals surface area contributed by atoms with Gasteiger partial charge in [-0.3, -0.25) is 19.3 Å². The number of carbonyl (C=O) groups is 4. The lowest BCUT2D eigenvalue weighted by Crippen LogP contribution is -2.36. The van der Waals surface area contributed by atoms with E-state index in [1.165, 1.54) is 18.2 Å². The van der Waals surface area contributed by atoms with E-state index in [1.807, 2.05) is 6.92 Å². The van der Waals surface area contributed by atoms with Crippen LogP contribution >= 0.6 is 46.6 Å². The molecule has 0 atom stereocenters. The van der Waals surface area contributed by atoms with Crippen LogP contribution in [-0.4, -0.2) is 47.7 Å². The molecule has 0 unspecified atom stereocenters.